The average molecular weight is 461 g/mol. The molecule has 0 radical (unpaired) electrons. The van der Waals surface area contributed by atoms with Crippen LogP contribution in [0.25, 0.3) is 10.2 Å². The Kier molecular flexibility index (Phi) is 6.40. The zero-order valence-corrected chi connectivity index (χ0v) is 19.2. The van der Waals surface area contributed by atoms with Gasteiger partial charge < -0.3 is 5.32 Å². The molecule has 2 aromatic heterocycles. The minimum Gasteiger partial charge on any atom is -0.325 e. The molecule has 1 N–H and O–H groups in total. The van der Waals surface area contributed by atoms with Crippen molar-refractivity contribution in [2.45, 2.75) is 25.5 Å². The van der Waals surface area contributed by atoms with Crippen LogP contribution < -0.4 is 10.9 Å². The number of aromatic nitrogens is 2. The van der Waals surface area contributed by atoms with Gasteiger partial charge in [0.1, 0.15) is 4.83 Å². The molecule has 0 bridgehead atoms. The Hall–Kier alpha value is -3.41. The Morgan fingerprint density at radius 2 is 1.97 bits per heavy atom. The normalized spacial score (nSPS) is 10.8. The number of amides is 1. The number of thioether (sulfide) groups is 1. The second kappa shape index (κ2) is 9.39. The van der Waals surface area contributed by atoms with Gasteiger partial charge in [0.25, 0.3) is 5.56 Å². The first kappa shape index (κ1) is 21.8. The molecule has 0 aliphatic rings. The molecule has 32 heavy (non-hydrogen) atoms. The highest BCUT2D eigenvalue weighted by molar-refractivity contribution is 7.99. The fourth-order valence-corrected chi connectivity index (χ4v) is 5.19. The van der Waals surface area contributed by atoms with Crippen molar-refractivity contribution in [3.8, 4) is 6.07 Å². The molecule has 0 fully saturated rings. The Bertz CT molecular complexity index is 1400. The fraction of sp³-hybridized carbons (Fsp3) is 0.167. The summed E-state index contributed by atoms with van der Waals surface area (Å²) < 4.78 is 1.64. The monoisotopic (exact) mass is 460 g/mol. The Balaban J connectivity index is 1.63. The minimum absolute atomic E-state index is 0.0901. The molecule has 0 aliphatic heterocycles. The third-order valence-electron chi connectivity index (χ3n) is 5.05. The number of benzene rings is 2. The summed E-state index contributed by atoms with van der Waals surface area (Å²) in [6.45, 7) is 4.31. The number of fused-ring (bicyclic) bond motifs is 1. The van der Waals surface area contributed by atoms with Crippen molar-refractivity contribution in [1.82, 2.24) is 9.55 Å². The van der Waals surface area contributed by atoms with Crippen LogP contribution >= 0.6 is 23.1 Å². The van der Waals surface area contributed by atoms with Crippen molar-refractivity contribution in [2.24, 2.45) is 0 Å². The first-order chi connectivity index (χ1) is 15.5. The summed E-state index contributed by atoms with van der Waals surface area (Å²) in [6, 6.07) is 18.5. The van der Waals surface area contributed by atoms with Gasteiger partial charge >= 0.3 is 0 Å². The molecule has 4 aromatic rings. The smallest absolute Gasteiger partial charge is 0.263 e. The predicted molar refractivity (Wildman–Crippen MR) is 129 cm³/mol. The average Bonchev–Trinajstić information content (AvgIpc) is 3.08. The van der Waals surface area contributed by atoms with E-state index in [0.717, 1.165) is 16.0 Å². The van der Waals surface area contributed by atoms with Gasteiger partial charge in [0, 0.05) is 10.6 Å². The van der Waals surface area contributed by atoms with E-state index in [4.69, 9.17) is 10.2 Å². The van der Waals surface area contributed by atoms with E-state index in [9.17, 15) is 9.59 Å². The lowest BCUT2D eigenvalue weighted by atomic mass is 10.2. The number of nitrogens with one attached hydrogen (secondary N) is 1. The number of carbonyl (C=O) groups excluding carboxylic acids is 1. The molecular weight excluding hydrogens is 440 g/mol. The van der Waals surface area contributed by atoms with Crippen molar-refractivity contribution < 1.29 is 4.79 Å². The van der Waals surface area contributed by atoms with E-state index in [0.29, 0.717) is 33.2 Å². The molecule has 1 amide bonds. The second-order valence-corrected chi connectivity index (χ2v) is 9.41. The van der Waals surface area contributed by atoms with Gasteiger partial charge in [-0.3, -0.25) is 14.2 Å². The maximum Gasteiger partial charge on any atom is 0.263 e. The van der Waals surface area contributed by atoms with E-state index >= 15 is 0 Å². The number of hydrogen-bond donors (Lipinski definition) is 1. The molecule has 8 heteroatoms. The minimum atomic E-state index is -0.232. The fourth-order valence-electron chi connectivity index (χ4n) is 3.32. The van der Waals surface area contributed by atoms with Gasteiger partial charge in [-0.1, -0.05) is 48.2 Å². The topological polar surface area (TPSA) is 87.8 Å². The molecule has 0 unspecified atom stereocenters. The maximum absolute atomic E-state index is 13.4. The molecule has 160 valence electrons. The number of nitriles is 1. The largest absolute Gasteiger partial charge is 0.325 e. The van der Waals surface area contributed by atoms with Crippen LogP contribution in [0, 0.1) is 25.2 Å². The van der Waals surface area contributed by atoms with Crippen LogP contribution in [0.2, 0.25) is 0 Å². The van der Waals surface area contributed by atoms with Crippen LogP contribution in [0.15, 0.2) is 64.5 Å². The number of hydrogen-bond acceptors (Lipinski definition) is 6. The highest BCUT2D eigenvalue weighted by Crippen LogP contribution is 2.28. The quantitative estimate of drug-likeness (QED) is 0.332. The SMILES string of the molecule is Cc1sc2nc(SCC(=O)Nc3cccc(C#N)c3)n(Cc3ccccc3)c(=O)c2c1C. The molecule has 6 nitrogen and oxygen atoms in total. The zero-order valence-electron chi connectivity index (χ0n) is 17.6. The van der Waals surface area contributed by atoms with Crippen molar-refractivity contribution in [3.05, 3.63) is 86.5 Å². The lowest BCUT2D eigenvalue weighted by Crippen LogP contribution is -2.24. The second-order valence-electron chi connectivity index (χ2n) is 7.26. The van der Waals surface area contributed by atoms with Crippen LogP contribution in [0.3, 0.4) is 0 Å². The number of anilines is 1. The third kappa shape index (κ3) is 4.59. The van der Waals surface area contributed by atoms with Gasteiger partial charge in [0.2, 0.25) is 5.91 Å². The Morgan fingerprint density at radius 1 is 1.19 bits per heavy atom. The van der Waals surface area contributed by atoms with Crippen molar-refractivity contribution in [2.75, 3.05) is 11.1 Å². The van der Waals surface area contributed by atoms with Gasteiger partial charge in [0.05, 0.1) is 29.3 Å². The van der Waals surface area contributed by atoms with Crippen LogP contribution in [0.5, 0.6) is 0 Å². The maximum atomic E-state index is 13.4. The van der Waals surface area contributed by atoms with Crippen molar-refractivity contribution in [3.63, 3.8) is 0 Å². The van der Waals surface area contributed by atoms with Crippen LogP contribution in [0.1, 0.15) is 21.6 Å². The molecule has 0 aliphatic carbocycles. The first-order valence-corrected chi connectivity index (χ1v) is 11.7. The molecule has 0 saturated carbocycles. The highest BCUT2D eigenvalue weighted by atomic mass is 32.2. The number of aryl methyl sites for hydroxylation is 2. The Morgan fingerprint density at radius 3 is 2.72 bits per heavy atom. The van der Waals surface area contributed by atoms with E-state index < -0.39 is 0 Å². The molecule has 0 atom stereocenters. The molecule has 2 heterocycles. The highest BCUT2D eigenvalue weighted by Gasteiger charge is 2.18. The summed E-state index contributed by atoms with van der Waals surface area (Å²) in [5, 5.41) is 13.0. The lowest BCUT2D eigenvalue weighted by Gasteiger charge is -2.12. The van der Waals surface area contributed by atoms with Gasteiger partial charge in [-0.2, -0.15) is 5.26 Å². The van der Waals surface area contributed by atoms with E-state index in [2.05, 4.69) is 11.4 Å². The summed E-state index contributed by atoms with van der Waals surface area (Å²) in [5.41, 5.74) is 2.88. The van der Waals surface area contributed by atoms with Gasteiger partial charge in [0.15, 0.2) is 5.16 Å². The van der Waals surface area contributed by atoms with E-state index in [-0.39, 0.29) is 17.2 Å². The van der Waals surface area contributed by atoms with Crippen molar-refractivity contribution in [1.29, 1.82) is 5.26 Å². The molecule has 4 rings (SSSR count). The van der Waals surface area contributed by atoms with Crippen molar-refractivity contribution >= 4 is 44.9 Å². The zero-order chi connectivity index (χ0) is 22.7. The van der Waals surface area contributed by atoms with Crippen LogP contribution in [-0.2, 0) is 11.3 Å². The number of thiophene rings is 1. The summed E-state index contributed by atoms with van der Waals surface area (Å²) in [4.78, 5) is 32.4. The molecule has 2 aromatic carbocycles. The number of nitrogens with zero attached hydrogens (tertiary/aromatic N) is 3. The Labute approximate surface area is 193 Å². The standard InChI is InChI=1S/C24H20N4O2S2/c1-15-16(2)32-22-21(15)23(30)28(13-17-7-4-3-5-8-17)24(27-22)31-14-20(29)26-19-10-6-9-18(11-19)12-25/h3-11H,13-14H2,1-2H3,(H,26,29). The van der Waals surface area contributed by atoms with Gasteiger partial charge in [-0.15, -0.1) is 11.3 Å². The van der Waals surface area contributed by atoms with E-state index in [1.54, 1.807) is 28.8 Å². The van der Waals surface area contributed by atoms with E-state index in [1.165, 1.54) is 23.1 Å². The summed E-state index contributed by atoms with van der Waals surface area (Å²) in [6.07, 6.45) is 0. The molecular formula is C24H20N4O2S2. The van der Waals surface area contributed by atoms with Crippen LogP contribution in [-0.4, -0.2) is 21.2 Å². The molecule has 0 spiro atoms. The number of carbonyl (C=O) groups is 1. The van der Waals surface area contributed by atoms with Gasteiger partial charge in [-0.25, -0.2) is 4.98 Å². The first-order valence-electron chi connectivity index (χ1n) is 9.93. The third-order valence-corrected chi connectivity index (χ3v) is 7.12. The molecule has 0 saturated heterocycles. The predicted octanol–water partition coefficient (Wildman–Crippen LogP) is 4.73. The summed E-state index contributed by atoms with van der Waals surface area (Å²) in [5.74, 6) is -0.142. The number of rotatable bonds is 6. The lowest BCUT2D eigenvalue weighted by molar-refractivity contribution is -0.113. The van der Waals surface area contributed by atoms with E-state index in [1.807, 2.05) is 44.2 Å². The summed E-state index contributed by atoms with van der Waals surface area (Å²) >= 11 is 2.72. The van der Waals surface area contributed by atoms with Crippen LogP contribution in [0.4, 0.5) is 5.69 Å². The van der Waals surface area contributed by atoms with Gasteiger partial charge in [-0.05, 0) is 43.2 Å². The summed E-state index contributed by atoms with van der Waals surface area (Å²) in [7, 11) is 0.